The van der Waals surface area contributed by atoms with Crippen molar-refractivity contribution in [2.75, 3.05) is 26.4 Å². The highest BCUT2D eigenvalue weighted by molar-refractivity contribution is 5.96. The number of carbonyl (C=O) groups is 3. The average molecular weight is 286 g/mol. The number of esters is 2. The van der Waals surface area contributed by atoms with Crippen LogP contribution < -0.4 is 0 Å². The Hall–Kier alpha value is -1.69. The summed E-state index contributed by atoms with van der Waals surface area (Å²) in [5.74, 6) is -1.49. The van der Waals surface area contributed by atoms with Crippen molar-refractivity contribution in [2.24, 2.45) is 0 Å². The molecule has 0 rings (SSSR count). The quantitative estimate of drug-likeness (QED) is 0.247. The van der Waals surface area contributed by atoms with E-state index in [1.165, 1.54) is 0 Å². The summed E-state index contributed by atoms with van der Waals surface area (Å²) in [6.07, 6.45) is 1.05. The summed E-state index contributed by atoms with van der Waals surface area (Å²) in [5.41, 5.74) is 0.394. The zero-order chi connectivity index (χ0) is 15.4. The lowest BCUT2D eigenvalue weighted by atomic mass is 10.2. The van der Waals surface area contributed by atoms with Gasteiger partial charge in [-0.25, -0.2) is 4.79 Å². The predicted molar refractivity (Wildman–Crippen MR) is 72.1 cm³/mol. The van der Waals surface area contributed by atoms with E-state index in [9.17, 15) is 14.4 Å². The van der Waals surface area contributed by atoms with Gasteiger partial charge in [-0.1, -0.05) is 19.9 Å². The summed E-state index contributed by atoms with van der Waals surface area (Å²) in [7, 11) is 0. The Morgan fingerprint density at radius 3 is 2.30 bits per heavy atom. The molecule has 0 fully saturated rings. The molecule has 0 radical (unpaired) electrons. The fourth-order valence-corrected chi connectivity index (χ4v) is 1.27. The van der Waals surface area contributed by atoms with Gasteiger partial charge < -0.3 is 14.2 Å². The van der Waals surface area contributed by atoms with Gasteiger partial charge in [-0.3, -0.25) is 9.59 Å². The number of ketones is 1. The molecule has 0 aliphatic carbocycles. The van der Waals surface area contributed by atoms with Crippen molar-refractivity contribution in [3.63, 3.8) is 0 Å². The molecule has 20 heavy (non-hydrogen) atoms. The Morgan fingerprint density at radius 1 is 1.05 bits per heavy atom. The molecule has 0 aliphatic heterocycles. The SMILES string of the molecule is C=C(CCC)C(=O)OCCOC(=O)CC(=O)COCC. The summed E-state index contributed by atoms with van der Waals surface area (Å²) < 4.78 is 14.5. The largest absolute Gasteiger partial charge is 0.462 e. The first kappa shape index (κ1) is 18.3. The van der Waals surface area contributed by atoms with Crippen molar-refractivity contribution in [3.8, 4) is 0 Å². The van der Waals surface area contributed by atoms with E-state index in [1.807, 2.05) is 6.92 Å². The second-order valence-corrected chi connectivity index (χ2v) is 4.06. The van der Waals surface area contributed by atoms with Crippen LogP contribution >= 0.6 is 0 Å². The van der Waals surface area contributed by atoms with Gasteiger partial charge in [0.1, 0.15) is 26.2 Å². The molecular weight excluding hydrogens is 264 g/mol. The number of Topliss-reactive ketones (excluding diaryl/α,β-unsaturated/α-hetero) is 1. The van der Waals surface area contributed by atoms with Gasteiger partial charge in [0.25, 0.3) is 0 Å². The van der Waals surface area contributed by atoms with Crippen molar-refractivity contribution in [2.45, 2.75) is 33.1 Å². The van der Waals surface area contributed by atoms with E-state index in [2.05, 4.69) is 6.58 Å². The van der Waals surface area contributed by atoms with Gasteiger partial charge in [0.15, 0.2) is 5.78 Å². The van der Waals surface area contributed by atoms with E-state index >= 15 is 0 Å². The average Bonchev–Trinajstić information content (AvgIpc) is 2.41. The third-order valence-corrected chi connectivity index (χ3v) is 2.23. The Bertz CT molecular complexity index is 348. The molecular formula is C14H22O6. The zero-order valence-electron chi connectivity index (χ0n) is 12.1. The Balaban J connectivity index is 3.69. The normalized spacial score (nSPS) is 9.90. The molecule has 6 nitrogen and oxygen atoms in total. The molecule has 6 heteroatoms. The van der Waals surface area contributed by atoms with E-state index in [0.717, 1.165) is 6.42 Å². The predicted octanol–water partition coefficient (Wildman–Crippen LogP) is 1.42. The fraction of sp³-hybridized carbons (Fsp3) is 0.643. The maximum Gasteiger partial charge on any atom is 0.333 e. The Labute approximate surface area is 119 Å². The highest BCUT2D eigenvalue weighted by atomic mass is 16.6. The first-order valence-corrected chi connectivity index (χ1v) is 6.61. The summed E-state index contributed by atoms with van der Waals surface area (Å²) in [4.78, 5) is 33.8. The van der Waals surface area contributed by atoms with Gasteiger partial charge in [-0.2, -0.15) is 0 Å². The van der Waals surface area contributed by atoms with Crippen molar-refractivity contribution >= 4 is 17.7 Å². The summed E-state index contributed by atoms with van der Waals surface area (Å²) in [6, 6.07) is 0. The molecule has 0 bridgehead atoms. The van der Waals surface area contributed by atoms with Crippen LogP contribution in [0.4, 0.5) is 0 Å². The fourth-order valence-electron chi connectivity index (χ4n) is 1.27. The van der Waals surface area contributed by atoms with E-state index < -0.39 is 11.9 Å². The molecule has 0 N–H and O–H groups in total. The zero-order valence-corrected chi connectivity index (χ0v) is 12.1. The molecule has 0 aromatic heterocycles. The van der Waals surface area contributed by atoms with Gasteiger partial charge in [0.2, 0.25) is 0 Å². The second-order valence-electron chi connectivity index (χ2n) is 4.06. The highest BCUT2D eigenvalue weighted by Gasteiger charge is 2.11. The summed E-state index contributed by atoms with van der Waals surface area (Å²) >= 11 is 0. The van der Waals surface area contributed by atoms with Crippen LogP contribution in [-0.4, -0.2) is 44.1 Å². The van der Waals surface area contributed by atoms with Crippen LogP contribution in [0.5, 0.6) is 0 Å². The number of carbonyl (C=O) groups excluding carboxylic acids is 3. The van der Waals surface area contributed by atoms with Crippen molar-refractivity contribution in [1.82, 2.24) is 0 Å². The Kier molecular flexibility index (Phi) is 10.2. The van der Waals surface area contributed by atoms with Crippen LogP contribution in [-0.2, 0) is 28.6 Å². The highest BCUT2D eigenvalue weighted by Crippen LogP contribution is 2.03. The van der Waals surface area contributed by atoms with Crippen LogP contribution in [0.3, 0.4) is 0 Å². The molecule has 114 valence electrons. The van der Waals surface area contributed by atoms with Crippen molar-refractivity contribution < 1.29 is 28.6 Å². The minimum atomic E-state index is -0.655. The maximum absolute atomic E-state index is 11.3. The lowest BCUT2D eigenvalue weighted by Gasteiger charge is -2.07. The van der Waals surface area contributed by atoms with Crippen LogP contribution in [0.25, 0.3) is 0 Å². The number of ether oxygens (including phenoxy) is 3. The number of rotatable bonds is 11. The summed E-state index contributed by atoms with van der Waals surface area (Å²) in [6.45, 7) is 7.46. The first-order chi connectivity index (χ1) is 9.51. The van der Waals surface area contributed by atoms with Crippen molar-refractivity contribution in [3.05, 3.63) is 12.2 Å². The second kappa shape index (κ2) is 11.2. The molecule has 0 heterocycles. The van der Waals surface area contributed by atoms with Crippen molar-refractivity contribution in [1.29, 1.82) is 0 Å². The molecule has 0 aromatic rings. The van der Waals surface area contributed by atoms with Gasteiger partial charge in [0, 0.05) is 12.2 Å². The standard InChI is InChI=1S/C14H22O6/c1-4-6-11(3)14(17)20-8-7-19-13(16)9-12(15)10-18-5-2/h3-10H2,1-2H3. The molecule has 0 saturated heterocycles. The van der Waals surface area contributed by atoms with E-state index in [-0.39, 0.29) is 32.0 Å². The molecule has 0 unspecified atom stereocenters. The van der Waals surface area contributed by atoms with Gasteiger partial charge >= 0.3 is 11.9 Å². The van der Waals surface area contributed by atoms with Crippen LogP contribution in [0.1, 0.15) is 33.1 Å². The van der Waals surface area contributed by atoms with Crippen LogP contribution in [0, 0.1) is 0 Å². The molecule has 0 spiro atoms. The van der Waals surface area contributed by atoms with Gasteiger partial charge in [-0.05, 0) is 13.3 Å². The topological polar surface area (TPSA) is 78.9 Å². The van der Waals surface area contributed by atoms with E-state index in [0.29, 0.717) is 18.6 Å². The summed E-state index contributed by atoms with van der Waals surface area (Å²) in [5, 5.41) is 0. The Morgan fingerprint density at radius 2 is 1.70 bits per heavy atom. The lowest BCUT2D eigenvalue weighted by Crippen LogP contribution is -2.19. The first-order valence-electron chi connectivity index (χ1n) is 6.61. The number of hydrogen-bond acceptors (Lipinski definition) is 6. The lowest BCUT2D eigenvalue weighted by molar-refractivity contribution is -0.152. The van der Waals surface area contributed by atoms with Gasteiger partial charge in [-0.15, -0.1) is 0 Å². The molecule has 0 amide bonds. The third-order valence-electron chi connectivity index (χ3n) is 2.23. The minimum Gasteiger partial charge on any atom is -0.462 e. The smallest absolute Gasteiger partial charge is 0.333 e. The molecule has 0 aromatic carbocycles. The molecule has 0 saturated carbocycles. The van der Waals surface area contributed by atoms with Crippen LogP contribution in [0.2, 0.25) is 0 Å². The monoisotopic (exact) mass is 286 g/mol. The minimum absolute atomic E-state index is 0.0487. The number of hydrogen-bond donors (Lipinski definition) is 0. The maximum atomic E-state index is 11.3. The van der Waals surface area contributed by atoms with Gasteiger partial charge in [0.05, 0.1) is 0 Å². The van der Waals surface area contributed by atoms with Crippen LogP contribution in [0.15, 0.2) is 12.2 Å². The van der Waals surface area contributed by atoms with E-state index in [4.69, 9.17) is 14.2 Å². The third kappa shape index (κ3) is 9.27. The van der Waals surface area contributed by atoms with E-state index in [1.54, 1.807) is 6.92 Å². The molecule has 0 aliphatic rings. The molecule has 0 atom stereocenters.